The van der Waals surface area contributed by atoms with Crippen LogP contribution in [0, 0.1) is 0 Å². The number of hydrogen-bond acceptors (Lipinski definition) is 4. The number of carboxylic acid groups (broad SMARTS) is 1. The van der Waals surface area contributed by atoms with Gasteiger partial charge in [0, 0.05) is 11.6 Å². The summed E-state index contributed by atoms with van der Waals surface area (Å²) in [7, 11) is 1.56. The van der Waals surface area contributed by atoms with Crippen molar-refractivity contribution in [3.8, 4) is 11.5 Å². The lowest BCUT2D eigenvalue weighted by molar-refractivity contribution is -0.137. The molecule has 6 nitrogen and oxygen atoms in total. The smallest absolute Gasteiger partial charge is 0.305 e. The maximum Gasteiger partial charge on any atom is 0.305 e. The van der Waals surface area contributed by atoms with E-state index in [9.17, 15) is 9.59 Å². The monoisotopic (exact) mass is 321 g/mol. The Morgan fingerprint density at radius 2 is 2.00 bits per heavy atom. The first-order valence-electron chi connectivity index (χ1n) is 7.87. The molecule has 1 amide bonds. The van der Waals surface area contributed by atoms with Gasteiger partial charge in [-0.05, 0) is 50.8 Å². The molecule has 0 heterocycles. The first-order valence-corrected chi connectivity index (χ1v) is 7.87. The third-order valence-corrected chi connectivity index (χ3v) is 3.88. The SMILES string of the molecule is COc1ccc(C(=O)NC(C)CC(=O)O)cc1OC1CCCC1. The number of methoxy groups -OCH3 is 1. The van der Waals surface area contributed by atoms with Gasteiger partial charge in [-0.15, -0.1) is 0 Å². The molecule has 1 aromatic carbocycles. The molecule has 0 radical (unpaired) electrons. The van der Waals surface area contributed by atoms with Crippen LogP contribution in [0.15, 0.2) is 18.2 Å². The zero-order valence-electron chi connectivity index (χ0n) is 13.5. The van der Waals surface area contributed by atoms with Gasteiger partial charge in [0.15, 0.2) is 11.5 Å². The largest absolute Gasteiger partial charge is 0.493 e. The summed E-state index contributed by atoms with van der Waals surface area (Å²) in [5, 5.41) is 11.4. The van der Waals surface area contributed by atoms with E-state index in [1.807, 2.05) is 0 Å². The number of rotatable bonds is 7. The van der Waals surface area contributed by atoms with E-state index >= 15 is 0 Å². The van der Waals surface area contributed by atoms with Crippen molar-refractivity contribution in [1.82, 2.24) is 5.32 Å². The number of carbonyl (C=O) groups excluding carboxylic acids is 1. The van der Waals surface area contributed by atoms with Crippen LogP contribution in [0.2, 0.25) is 0 Å². The highest BCUT2D eigenvalue weighted by atomic mass is 16.5. The average Bonchev–Trinajstić information content (AvgIpc) is 2.99. The minimum Gasteiger partial charge on any atom is -0.493 e. The standard InChI is InChI=1S/C17H23NO5/c1-11(9-16(19)20)18-17(21)12-7-8-14(22-2)15(10-12)23-13-5-3-4-6-13/h7-8,10-11,13H,3-6,9H2,1-2H3,(H,18,21)(H,19,20). The Hall–Kier alpha value is -2.24. The van der Waals surface area contributed by atoms with Gasteiger partial charge in [0.05, 0.1) is 19.6 Å². The van der Waals surface area contributed by atoms with Gasteiger partial charge in [-0.2, -0.15) is 0 Å². The van der Waals surface area contributed by atoms with Crippen molar-refractivity contribution in [3.05, 3.63) is 23.8 Å². The van der Waals surface area contributed by atoms with Gasteiger partial charge < -0.3 is 19.9 Å². The number of amides is 1. The van der Waals surface area contributed by atoms with Crippen LogP contribution < -0.4 is 14.8 Å². The van der Waals surface area contributed by atoms with E-state index in [1.165, 1.54) is 0 Å². The predicted octanol–water partition coefficient (Wildman–Crippen LogP) is 2.61. The lowest BCUT2D eigenvalue weighted by Gasteiger charge is -2.17. The van der Waals surface area contributed by atoms with Crippen molar-refractivity contribution in [2.75, 3.05) is 7.11 Å². The third-order valence-electron chi connectivity index (χ3n) is 3.88. The van der Waals surface area contributed by atoms with Crippen LogP contribution in [-0.2, 0) is 4.79 Å². The molecule has 1 aliphatic carbocycles. The van der Waals surface area contributed by atoms with E-state index in [1.54, 1.807) is 32.2 Å². The number of benzene rings is 1. The van der Waals surface area contributed by atoms with Gasteiger partial charge in [-0.3, -0.25) is 9.59 Å². The molecular formula is C17H23NO5. The number of hydrogen-bond donors (Lipinski definition) is 2. The minimum absolute atomic E-state index is 0.118. The Labute approximate surface area is 135 Å². The molecule has 2 N–H and O–H groups in total. The summed E-state index contributed by atoms with van der Waals surface area (Å²) in [6, 6.07) is 4.55. The van der Waals surface area contributed by atoms with Crippen molar-refractivity contribution >= 4 is 11.9 Å². The zero-order valence-corrected chi connectivity index (χ0v) is 13.5. The number of nitrogens with one attached hydrogen (secondary N) is 1. The zero-order chi connectivity index (χ0) is 16.8. The van der Waals surface area contributed by atoms with Crippen LogP contribution in [0.25, 0.3) is 0 Å². The molecule has 23 heavy (non-hydrogen) atoms. The van der Waals surface area contributed by atoms with Crippen molar-refractivity contribution in [1.29, 1.82) is 0 Å². The van der Waals surface area contributed by atoms with Crippen LogP contribution in [0.5, 0.6) is 11.5 Å². The number of carboxylic acids is 1. The quantitative estimate of drug-likeness (QED) is 0.806. The highest BCUT2D eigenvalue weighted by Gasteiger charge is 2.20. The highest BCUT2D eigenvalue weighted by Crippen LogP contribution is 2.32. The fourth-order valence-corrected chi connectivity index (χ4v) is 2.72. The third kappa shape index (κ3) is 4.87. The van der Waals surface area contributed by atoms with Crippen LogP contribution >= 0.6 is 0 Å². The Bertz CT molecular complexity index is 566. The molecule has 1 aliphatic rings. The van der Waals surface area contributed by atoms with Crippen LogP contribution in [0.4, 0.5) is 0 Å². The van der Waals surface area contributed by atoms with Crippen LogP contribution in [0.3, 0.4) is 0 Å². The maximum atomic E-state index is 12.2. The van der Waals surface area contributed by atoms with Gasteiger partial charge in [-0.25, -0.2) is 0 Å². The summed E-state index contributed by atoms with van der Waals surface area (Å²) >= 11 is 0. The molecule has 1 saturated carbocycles. The Morgan fingerprint density at radius 1 is 1.30 bits per heavy atom. The number of aliphatic carboxylic acids is 1. The van der Waals surface area contributed by atoms with Crippen LogP contribution in [0.1, 0.15) is 49.4 Å². The van der Waals surface area contributed by atoms with E-state index < -0.39 is 12.0 Å². The summed E-state index contributed by atoms with van der Waals surface area (Å²) in [6.07, 6.45) is 4.37. The number of ether oxygens (including phenoxy) is 2. The first kappa shape index (κ1) is 17.1. The molecule has 0 spiro atoms. The van der Waals surface area contributed by atoms with E-state index in [0.29, 0.717) is 17.1 Å². The van der Waals surface area contributed by atoms with Gasteiger partial charge in [0.25, 0.3) is 5.91 Å². The topological polar surface area (TPSA) is 84.9 Å². The second-order valence-corrected chi connectivity index (χ2v) is 5.86. The van der Waals surface area contributed by atoms with Gasteiger partial charge in [-0.1, -0.05) is 0 Å². The summed E-state index contributed by atoms with van der Waals surface area (Å²) in [5.41, 5.74) is 0.427. The summed E-state index contributed by atoms with van der Waals surface area (Å²) < 4.78 is 11.2. The van der Waals surface area contributed by atoms with Crippen molar-refractivity contribution in [2.45, 2.75) is 51.2 Å². The van der Waals surface area contributed by atoms with Gasteiger partial charge >= 0.3 is 5.97 Å². The van der Waals surface area contributed by atoms with E-state index in [4.69, 9.17) is 14.6 Å². The second kappa shape index (κ2) is 7.85. The lowest BCUT2D eigenvalue weighted by atomic mass is 10.1. The molecule has 6 heteroatoms. The van der Waals surface area contributed by atoms with E-state index in [2.05, 4.69) is 5.32 Å². The Balaban J connectivity index is 2.09. The summed E-state index contributed by atoms with van der Waals surface area (Å²) in [6.45, 7) is 1.66. The highest BCUT2D eigenvalue weighted by molar-refractivity contribution is 5.95. The second-order valence-electron chi connectivity index (χ2n) is 5.86. The normalized spacial score (nSPS) is 15.9. The fourth-order valence-electron chi connectivity index (χ4n) is 2.72. The summed E-state index contributed by atoms with van der Waals surface area (Å²) in [4.78, 5) is 22.9. The molecule has 0 saturated heterocycles. The Kier molecular flexibility index (Phi) is 5.84. The maximum absolute atomic E-state index is 12.2. The molecule has 2 rings (SSSR count). The van der Waals surface area contributed by atoms with Gasteiger partial charge in [0.1, 0.15) is 0 Å². The molecule has 1 atom stereocenters. The molecule has 0 bridgehead atoms. The molecule has 126 valence electrons. The van der Waals surface area contributed by atoms with Crippen LogP contribution in [-0.4, -0.2) is 36.2 Å². The average molecular weight is 321 g/mol. The molecule has 0 aliphatic heterocycles. The lowest BCUT2D eigenvalue weighted by Crippen LogP contribution is -2.34. The molecule has 1 fully saturated rings. The van der Waals surface area contributed by atoms with Gasteiger partial charge in [0.2, 0.25) is 0 Å². The summed E-state index contributed by atoms with van der Waals surface area (Å²) in [5.74, 6) is -0.125. The number of carbonyl (C=O) groups is 2. The molecular weight excluding hydrogens is 298 g/mol. The fraction of sp³-hybridized carbons (Fsp3) is 0.529. The van der Waals surface area contributed by atoms with E-state index in [0.717, 1.165) is 25.7 Å². The first-order chi connectivity index (χ1) is 11.0. The minimum atomic E-state index is -0.946. The molecule has 1 aromatic rings. The van der Waals surface area contributed by atoms with Crippen molar-refractivity contribution in [2.24, 2.45) is 0 Å². The van der Waals surface area contributed by atoms with E-state index in [-0.39, 0.29) is 18.4 Å². The molecule has 1 unspecified atom stereocenters. The van der Waals surface area contributed by atoms with Crippen molar-refractivity contribution in [3.63, 3.8) is 0 Å². The Morgan fingerprint density at radius 3 is 2.61 bits per heavy atom. The predicted molar refractivity (Wildman–Crippen MR) is 85.1 cm³/mol. The van der Waals surface area contributed by atoms with Crippen molar-refractivity contribution < 1.29 is 24.2 Å². The molecule has 0 aromatic heterocycles.